The number of fused-ring (bicyclic) bond motifs is 1. The monoisotopic (exact) mass is 436 g/mol. The number of methoxy groups -OCH3 is 2. The molecule has 2 N–H and O–H groups in total. The molecule has 0 saturated carbocycles. The zero-order valence-corrected chi connectivity index (χ0v) is 17.9. The quantitative estimate of drug-likeness (QED) is 0.353. The van der Waals surface area contributed by atoms with Crippen molar-refractivity contribution in [1.29, 1.82) is 0 Å². The van der Waals surface area contributed by atoms with Crippen molar-refractivity contribution in [3.05, 3.63) is 64.7 Å². The van der Waals surface area contributed by atoms with E-state index in [1.54, 1.807) is 12.1 Å². The summed E-state index contributed by atoms with van der Waals surface area (Å²) in [6.07, 6.45) is 1.45. The Balaban J connectivity index is 1.56. The van der Waals surface area contributed by atoms with Crippen molar-refractivity contribution in [3.8, 4) is 22.9 Å². The molecule has 2 aromatic carbocycles. The number of aryl methyl sites for hydroxylation is 1. The van der Waals surface area contributed by atoms with E-state index >= 15 is 0 Å². The minimum absolute atomic E-state index is 0.0979. The highest BCUT2D eigenvalue weighted by Gasteiger charge is 2.17. The third kappa shape index (κ3) is 3.95. The molecule has 2 heterocycles. The zero-order chi connectivity index (χ0) is 22.0. The standard InChI is InChI=1S/C22H20N4O4S/c1-13-16-11-19(31-22(16)26(25-13)15-7-5-4-6-8-15)21(28)24-23-12-14-9-17(29-2)20(27)18(10-14)30-3/h4-12,27H,1-3H3,(H,24,28)/b23-12-. The van der Waals surface area contributed by atoms with E-state index in [0.29, 0.717) is 10.4 Å². The molecule has 1 amide bonds. The zero-order valence-electron chi connectivity index (χ0n) is 17.1. The number of thiophene rings is 1. The number of aromatic nitrogens is 2. The average molecular weight is 436 g/mol. The summed E-state index contributed by atoms with van der Waals surface area (Å²) in [6.45, 7) is 1.92. The molecule has 0 atom stereocenters. The second-order valence-electron chi connectivity index (χ2n) is 6.64. The van der Waals surface area contributed by atoms with Crippen LogP contribution < -0.4 is 14.9 Å². The van der Waals surface area contributed by atoms with Crippen molar-refractivity contribution < 1.29 is 19.4 Å². The second-order valence-corrected chi connectivity index (χ2v) is 7.67. The molecule has 0 radical (unpaired) electrons. The third-order valence-corrected chi connectivity index (χ3v) is 5.76. The number of phenols is 1. The first kappa shape index (κ1) is 20.4. The third-order valence-electron chi connectivity index (χ3n) is 4.65. The van der Waals surface area contributed by atoms with Crippen LogP contribution in [0.1, 0.15) is 20.9 Å². The van der Waals surface area contributed by atoms with Crippen molar-refractivity contribution in [2.75, 3.05) is 14.2 Å². The summed E-state index contributed by atoms with van der Waals surface area (Å²) in [6, 6.07) is 14.8. The maximum Gasteiger partial charge on any atom is 0.281 e. The van der Waals surface area contributed by atoms with Gasteiger partial charge in [-0.05, 0) is 37.3 Å². The molecule has 9 heteroatoms. The van der Waals surface area contributed by atoms with Crippen LogP contribution in [0, 0.1) is 6.92 Å². The molecule has 0 aliphatic carbocycles. The number of benzene rings is 2. The molecular formula is C22H20N4O4S. The van der Waals surface area contributed by atoms with E-state index in [1.165, 1.54) is 31.8 Å². The van der Waals surface area contributed by atoms with Gasteiger partial charge in [-0.1, -0.05) is 18.2 Å². The van der Waals surface area contributed by atoms with Gasteiger partial charge in [0.05, 0.1) is 36.7 Å². The summed E-state index contributed by atoms with van der Waals surface area (Å²) in [5.41, 5.74) is 4.91. The number of carbonyl (C=O) groups excluding carboxylic acids is 1. The maximum absolute atomic E-state index is 12.6. The number of nitrogens with one attached hydrogen (secondary N) is 1. The summed E-state index contributed by atoms with van der Waals surface area (Å²) in [5.74, 6) is 0.0728. The van der Waals surface area contributed by atoms with Gasteiger partial charge in [-0.25, -0.2) is 10.1 Å². The van der Waals surface area contributed by atoms with E-state index in [1.807, 2.05) is 48.0 Å². The van der Waals surface area contributed by atoms with E-state index in [9.17, 15) is 9.90 Å². The molecule has 0 fully saturated rings. The van der Waals surface area contributed by atoms with Crippen LogP contribution in [0.2, 0.25) is 0 Å². The fraction of sp³-hybridized carbons (Fsp3) is 0.136. The minimum atomic E-state index is -0.325. The molecule has 4 rings (SSSR count). The molecule has 0 aliphatic rings. The Labute approximate surface area is 182 Å². The summed E-state index contributed by atoms with van der Waals surface area (Å²) < 4.78 is 12.1. The van der Waals surface area contributed by atoms with Gasteiger partial charge in [-0.3, -0.25) is 4.79 Å². The van der Waals surface area contributed by atoms with Crippen LogP contribution in [0.4, 0.5) is 0 Å². The molecule has 4 aromatic rings. The highest BCUT2D eigenvalue weighted by Crippen LogP contribution is 2.36. The number of ether oxygens (including phenoxy) is 2. The maximum atomic E-state index is 12.6. The van der Waals surface area contributed by atoms with Crippen molar-refractivity contribution in [3.63, 3.8) is 0 Å². The SMILES string of the molecule is COc1cc(/C=N\NC(=O)c2cc3c(C)nn(-c4ccccc4)c3s2)cc(OC)c1O. The van der Waals surface area contributed by atoms with Crippen LogP contribution in [0.15, 0.2) is 53.6 Å². The Morgan fingerprint density at radius 1 is 1.16 bits per heavy atom. The van der Waals surface area contributed by atoms with Gasteiger partial charge in [-0.2, -0.15) is 10.2 Å². The van der Waals surface area contributed by atoms with E-state index in [-0.39, 0.29) is 23.2 Å². The lowest BCUT2D eigenvalue weighted by atomic mass is 10.2. The first-order valence-electron chi connectivity index (χ1n) is 9.34. The normalized spacial score (nSPS) is 11.2. The Morgan fingerprint density at radius 3 is 2.48 bits per heavy atom. The lowest BCUT2D eigenvalue weighted by Crippen LogP contribution is -2.16. The van der Waals surface area contributed by atoms with Gasteiger partial charge in [-0.15, -0.1) is 11.3 Å². The highest BCUT2D eigenvalue weighted by atomic mass is 32.1. The Morgan fingerprint density at radius 2 is 1.84 bits per heavy atom. The smallest absolute Gasteiger partial charge is 0.281 e. The molecular weight excluding hydrogens is 416 g/mol. The van der Waals surface area contributed by atoms with Crippen molar-refractivity contribution in [1.82, 2.24) is 15.2 Å². The Hall–Kier alpha value is -3.85. The lowest BCUT2D eigenvalue weighted by molar-refractivity contribution is 0.0959. The van der Waals surface area contributed by atoms with Gasteiger partial charge in [0.2, 0.25) is 5.75 Å². The summed E-state index contributed by atoms with van der Waals surface area (Å²) in [4.78, 5) is 14.0. The lowest BCUT2D eigenvalue weighted by Gasteiger charge is -2.09. The van der Waals surface area contributed by atoms with Crippen LogP contribution in [0.3, 0.4) is 0 Å². The first-order chi connectivity index (χ1) is 15.0. The molecule has 2 aromatic heterocycles. The molecule has 0 spiro atoms. The van der Waals surface area contributed by atoms with Crippen LogP contribution in [-0.4, -0.2) is 41.2 Å². The van der Waals surface area contributed by atoms with Crippen molar-refractivity contribution >= 4 is 33.7 Å². The van der Waals surface area contributed by atoms with Gasteiger partial charge < -0.3 is 14.6 Å². The Kier molecular flexibility index (Phi) is 5.59. The summed E-state index contributed by atoms with van der Waals surface area (Å²) >= 11 is 1.35. The molecule has 8 nitrogen and oxygen atoms in total. The van der Waals surface area contributed by atoms with E-state index < -0.39 is 0 Å². The largest absolute Gasteiger partial charge is 0.502 e. The average Bonchev–Trinajstić information content (AvgIpc) is 3.36. The number of rotatable bonds is 6. The minimum Gasteiger partial charge on any atom is -0.502 e. The van der Waals surface area contributed by atoms with Crippen LogP contribution in [0.5, 0.6) is 17.2 Å². The molecule has 31 heavy (non-hydrogen) atoms. The number of nitrogens with zero attached hydrogens (tertiary/aromatic N) is 3. The summed E-state index contributed by atoms with van der Waals surface area (Å²) in [5, 5.41) is 19.5. The number of aromatic hydroxyl groups is 1. The summed E-state index contributed by atoms with van der Waals surface area (Å²) in [7, 11) is 2.88. The van der Waals surface area contributed by atoms with Crippen molar-refractivity contribution in [2.24, 2.45) is 5.10 Å². The second kappa shape index (κ2) is 8.49. The number of carbonyl (C=O) groups is 1. The predicted molar refractivity (Wildman–Crippen MR) is 120 cm³/mol. The topological polar surface area (TPSA) is 98.0 Å². The number of hydrazone groups is 1. The Bertz CT molecular complexity index is 1250. The highest BCUT2D eigenvalue weighted by molar-refractivity contribution is 7.20. The van der Waals surface area contributed by atoms with Gasteiger partial charge in [0.1, 0.15) is 4.83 Å². The predicted octanol–water partition coefficient (Wildman–Crippen LogP) is 3.88. The van der Waals surface area contributed by atoms with Gasteiger partial charge >= 0.3 is 0 Å². The first-order valence-corrected chi connectivity index (χ1v) is 10.2. The number of hydrogen-bond acceptors (Lipinski definition) is 7. The fourth-order valence-corrected chi connectivity index (χ4v) is 4.18. The van der Waals surface area contributed by atoms with E-state index in [2.05, 4.69) is 15.6 Å². The number of para-hydroxylation sites is 1. The number of hydrogen-bond donors (Lipinski definition) is 2. The van der Waals surface area contributed by atoms with Crippen LogP contribution >= 0.6 is 11.3 Å². The fourth-order valence-electron chi connectivity index (χ4n) is 3.11. The molecule has 0 aliphatic heterocycles. The van der Waals surface area contributed by atoms with Crippen LogP contribution in [-0.2, 0) is 0 Å². The van der Waals surface area contributed by atoms with Gasteiger partial charge in [0.15, 0.2) is 11.5 Å². The molecule has 0 unspecified atom stereocenters. The molecule has 158 valence electrons. The molecule has 0 bridgehead atoms. The van der Waals surface area contributed by atoms with Crippen LogP contribution in [0.25, 0.3) is 15.9 Å². The number of phenolic OH excluding ortho intramolecular Hbond substituents is 1. The van der Waals surface area contributed by atoms with E-state index in [0.717, 1.165) is 21.6 Å². The van der Waals surface area contributed by atoms with Gasteiger partial charge in [0.25, 0.3) is 5.91 Å². The molecule has 0 saturated heterocycles. The van der Waals surface area contributed by atoms with Gasteiger partial charge in [0, 0.05) is 10.9 Å². The number of amides is 1. The van der Waals surface area contributed by atoms with Crippen molar-refractivity contribution in [2.45, 2.75) is 6.92 Å². The van der Waals surface area contributed by atoms with E-state index in [4.69, 9.17) is 9.47 Å².